The topological polar surface area (TPSA) is 75.4 Å². The van der Waals surface area contributed by atoms with E-state index in [1.807, 2.05) is 65.6 Å². The molecule has 1 N–H and O–H groups in total. The molecule has 6 heteroatoms. The molecule has 0 aliphatic carbocycles. The number of carbonyl (C=O) groups excluding carboxylic acids is 2. The van der Waals surface area contributed by atoms with Gasteiger partial charge < -0.3 is 14.6 Å². The third-order valence-corrected chi connectivity index (χ3v) is 5.60. The van der Waals surface area contributed by atoms with E-state index < -0.39 is 0 Å². The van der Waals surface area contributed by atoms with Gasteiger partial charge in [0.1, 0.15) is 6.26 Å². The smallest absolute Gasteiger partial charge is 0.228 e. The lowest BCUT2D eigenvalue weighted by atomic mass is 10.0. The van der Waals surface area contributed by atoms with Crippen molar-refractivity contribution in [2.45, 2.75) is 38.1 Å². The van der Waals surface area contributed by atoms with Crippen LogP contribution in [0.4, 0.5) is 0 Å². The molecule has 160 valence electrons. The summed E-state index contributed by atoms with van der Waals surface area (Å²) >= 11 is 0. The van der Waals surface area contributed by atoms with Crippen molar-refractivity contribution in [3.63, 3.8) is 0 Å². The number of aromatic nitrogens is 1. The molecule has 0 saturated carbocycles. The van der Waals surface area contributed by atoms with Crippen LogP contribution in [0.15, 0.2) is 71.3 Å². The Morgan fingerprint density at radius 3 is 2.39 bits per heavy atom. The SMILES string of the molecule is O=C(CCc1ccccc1)NC1CCN(C(=O)Cc2coc(-c3ccccc3)n2)CC1. The van der Waals surface area contributed by atoms with Crippen molar-refractivity contribution in [3.05, 3.63) is 78.2 Å². The Bertz CT molecular complexity index is 993. The standard InChI is InChI=1S/C25H27N3O3/c29-23(12-11-19-7-3-1-4-8-19)26-21-13-15-28(16-14-21)24(30)17-22-18-31-25(27-22)20-9-5-2-6-10-20/h1-10,18,21H,11-17H2,(H,26,29). The first-order valence-electron chi connectivity index (χ1n) is 10.8. The minimum atomic E-state index is 0.0433. The lowest BCUT2D eigenvalue weighted by Crippen LogP contribution is -2.47. The first-order valence-corrected chi connectivity index (χ1v) is 10.8. The molecule has 31 heavy (non-hydrogen) atoms. The average molecular weight is 418 g/mol. The van der Waals surface area contributed by atoms with Crippen molar-refractivity contribution in [1.29, 1.82) is 0 Å². The predicted molar refractivity (Wildman–Crippen MR) is 118 cm³/mol. The molecular formula is C25H27N3O3. The van der Waals surface area contributed by atoms with Crippen LogP contribution in [0.3, 0.4) is 0 Å². The Balaban J connectivity index is 1.20. The maximum atomic E-state index is 12.7. The second-order valence-electron chi connectivity index (χ2n) is 7.89. The minimum absolute atomic E-state index is 0.0433. The normalized spacial score (nSPS) is 14.4. The van der Waals surface area contributed by atoms with Gasteiger partial charge in [-0.3, -0.25) is 9.59 Å². The Hall–Kier alpha value is -3.41. The highest BCUT2D eigenvalue weighted by Gasteiger charge is 2.24. The van der Waals surface area contributed by atoms with Crippen molar-refractivity contribution < 1.29 is 14.0 Å². The van der Waals surface area contributed by atoms with Gasteiger partial charge in [0, 0.05) is 31.1 Å². The maximum Gasteiger partial charge on any atom is 0.228 e. The molecule has 3 aromatic rings. The summed E-state index contributed by atoms with van der Waals surface area (Å²) in [7, 11) is 0. The highest BCUT2D eigenvalue weighted by atomic mass is 16.3. The van der Waals surface area contributed by atoms with Crippen LogP contribution in [0.25, 0.3) is 11.5 Å². The second kappa shape index (κ2) is 10.1. The number of piperidine rings is 1. The molecular weight excluding hydrogens is 390 g/mol. The summed E-state index contributed by atoms with van der Waals surface area (Å²) in [6, 6.07) is 19.8. The molecule has 4 rings (SSSR count). The van der Waals surface area contributed by atoms with Crippen LogP contribution in [-0.4, -0.2) is 40.8 Å². The van der Waals surface area contributed by atoms with Crippen LogP contribution in [0.2, 0.25) is 0 Å². The fraction of sp³-hybridized carbons (Fsp3) is 0.320. The third-order valence-electron chi connectivity index (χ3n) is 5.60. The number of nitrogens with one attached hydrogen (secondary N) is 1. The van der Waals surface area contributed by atoms with E-state index in [0.29, 0.717) is 31.1 Å². The average Bonchev–Trinajstić information content (AvgIpc) is 3.28. The van der Waals surface area contributed by atoms with Crippen LogP contribution in [-0.2, 0) is 22.4 Å². The summed E-state index contributed by atoms with van der Waals surface area (Å²) < 4.78 is 5.53. The monoisotopic (exact) mass is 417 g/mol. The fourth-order valence-electron chi connectivity index (χ4n) is 3.84. The summed E-state index contributed by atoms with van der Waals surface area (Å²) in [5, 5.41) is 3.12. The summed E-state index contributed by atoms with van der Waals surface area (Å²) in [6.07, 6.45) is 4.56. The fourth-order valence-corrected chi connectivity index (χ4v) is 3.84. The molecule has 2 amide bonds. The number of benzene rings is 2. The van der Waals surface area contributed by atoms with Crippen molar-refractivity contribution >= 4 is 11.8 Å². The van der Waals surface area contributed by atoms with Crippen LogP contribution >= 0.6 is 0 Å². The second-order valence-corrected chi connectivity index (χ2v) is 7.89. The zero-order valence-corrected chi connectivity index (χ0v) is 17.5. The lowest BCUT2D eigenvalue weighted by molar-refractivity contribution is -0.131. The van der Waals surface area contributed by atoms with Gasteiger partial charge in [0.2, 0.25) is 17.7 Å². The molecule has 0 unspecified atom stereocenters. The summed E-state index contributed by atoms with van der Waals surface area (Å²) in [4.78, 5) is 31.2. The molecule has 2 heterocycles. The Morgan fingerprint density at radius 2 is 1.68 bits per heavy atom. The molecule has 0 radical (unpaired) electrons. The molecule has 6 nitrogen and oxygen atoms in total. The van der Waals surface area contributed by atoms with E-state index in [9.17, 15) is 9.59 Å². The zero-order chi connectivity index (χ0) is 21.5. The van der Waals surface area contributed by atoms with Gasteiger partial charge in [-0.1, -0.05) is 48.5 Å². The van der Waals surface area contributed by atoms with Crippen molar-refractivity contribution in [2.24, 2.45) is 0 Å². The molecule has 0 bridgehead atoms. The van der Waals surface area contributed by atoms with Crippen LogP contribution in [0.5, 0.6) is 0 Å². The van der Waals surface area contributed by atoms with E-state index in [2.05, 4.69) is 10.3 Å². The van der Waals surface area contributed by atoms with Crippen molar-refractivity contribution in [1.82, 2.24) is 15.2 Å². The molecule has 1 aliphatic rings. The predicted octanol–water partition coefficient (Wildman–Crippen LogP) is 3.62. The van der Waals surface area contributed by atoms with Gasteiger partial charge in [-0.15, -0.1) is 0 Å². The highest BCUT2D eigenvalue weighted by Crippen LogP contribution is 2.19. The van der Waals surface area contributed by atoms with E-state index in [4.69, 9.17) is 4.42 Å². The van der Waals surface area contributed by atoms with Gasteiger partial charge >= 0.3 is 0 Å². The lowest BCUT2D eigenvalue weighted by Gasteiger charge is -2.32. The quantitative estimate of drug-likeness (QED) is 0.637. The van der Waals surface area contributed by atoms with Gasteiger partial charge in [-0.2, -0.15) is 0 Å². The summed E-state index contributed by atoms with van der Waals surface area (Å²) in [5.74, 6) is 0.645. The van der Waals surface area contributed by atoms with Gasteiger partial charge in [0.25, 0.3) is 0 Å². The number of carbonyl (C=O) groups is 2. The van der Waals surface area contributed by atoms with Gasteiger partial charge in [-0.05, 0) is 37.0 Å². The number of rotatable bonds is 7. The van der Waals surface area contributed by atoms with Crippen LogP contribution < -0.4 is 5.32 Å². The first kappa shape index (κ1) is 20.8. The number of hydrogen-bond donors (Lipinski definition) is 1. The number of likely N-dealkylation sites (tertiary alicyclic amines) is 1. The molecule has 1 aromatic heterocycles. The molecule has 0 spiro atoms. The van der Waals surface area contributed by atoms with Crippen molar-refractivity contribution in [2.75, 3.05) is 13.1 Å². The Labute approximate surface area is 182 Å². The third kappa shape index (κ3) is 5.81. The minimum Gasteiger partial charge on any atom is -0.444 e. The van der Waals surface area contributed by atoms with Gasteiger partial charge in [0.05, 0.1) is 12.1 Å². The van der Waals surface area contributed by atoms with Crippen molar-refractivity contribution in [3.8, 4) is 11.5 Å². The Kier molecular flexibility index (Phi) is 6.77. The molecule has 1 fully saturated rings. The first-order chi connectivity index (χ1) is 15.2. The molecule has 0 atom stereocenters. The molecule has 1 aliphatic heterocycles. The van der Waals surface area contributed by atoms with E-state index in [-0.39, 0.29) is 24.3 Å². The largest absolute Gasteiger partial charge is 0.444 e. The van der Waals surface area contributed by atoms with Gasteiger partial charge in [0.15, 0.2) is 0 Å². The number of amides is 2. The number of oxazole rings is 1. The molecule has 2 aromatic carbocycles. The number of hydrogen-bond acceptors (Lipinski definition) is 4. The van der Waals surface area contributed by atoms with Crippen LogP contribution in [0.1, 0.15) is 30.5 Å². The van der Waals surface area contributed by atoms with Gasteiger partial charge in [-0.25, -0.2) is 4.98 Å². The summed E-state index contributed by atoms with van der Waals surface area (Å²) in [5.41, 5.74) is 2.70. The zero-order valence-electron chi connectivity index (χ0n) is 17.5. The Morgan fingerprint density at radius 1 is 1.00 bits per heavy atom. The van der Waals surface area contributed by atoms with E-state index in [0.717, 1.165) is 24.8 Å². The maximum absolute atomic E-state index is 12.7. The number of nitrogens with zero attached hydrogens (tertiary/aromatic N) is 2. The van der Waals surface area contributed by atoms with E-state index in [1.165, 1.54) is 5.56 Å². The summed E-state index contributed by atoms with van der Waals surface area (Å²) in [6.45, 7) is 1.29. The molecule has 1 saturated heterocycles. The van der Waals surface area contributed by atoms with E-state index >= 15 is 0 Å². The van der Waals surface area contributed by atoms with Crippen LogP contribution in [0, 0.1) is 0 Å². The highest BCUT2D eigenvalue weighted by molar-refractivity contribution is 5.79. The number of aryl methyl sites for hydroxylation is 1. The van der Waals surface area contributed by atoms with E-state index in [1.54, 1.807) is 6.26 Å².